The van der Waals surface area contributed by atoms with E-state index in [-0.39, 0.29) is 0 Å². The Kier molecular flexibility index (Phi) is 9.42. The largest absolute Gasteiger partial charge is 0.376 e. The van der Waals surface area contributed by atoms with E-state index in [1.807, 2.05) is 0 Å². The van der Waals surface area contributed by atoms with E-state index in [2.05, 4.69) is 11.8 Å². The smallest absolute Gasteiger partial charge is 0.140 e. The summed E-state index contributed by atoms with van der Waals surface area (Å²) >= 11 is 11.1. The highest BCUT2D eigenvalue weighted by atomic mass is 35.5. The number of aliphatic hydroxyl groups excluding tert-OH is 1. The summed E-state index contributed by atoms with van der Waals surface area (Å²) in [4.78, 5) is 2.10. The highest BCUT2D eigenvalue weighted by molar-refractivity contribution is 6.19. The van der Waals surface area contributed by atoms with Gasteiger partial charge in [0.25, 0.3) is 0 Å². The van der Waals surface area contributed by atoms with Gasteiger partial charge < -0.3 is 5.11 Å². The first-order valence-corrected chi connectivity index (χ1v) is 5.78. The molecule has 0 saturated carbocycles. The summed E-state index contributed by atoms with van der Waals surface area (Å²) in [5.41, 5.74) is -0.773. The standard InChI is InChI=1S/C9H19Cl2NO/c1-2-3-4-6-12(7-5-10)8-9(11)13/h9,13H,2-8H2,1H3. The maximum atomic E-state index is 8.99. The summed E-state index contributed by atoms with van der Waals surface area (Å²) in [6.45, 7) is 4.46. The SMILES string of the molecule is CCCCCN(CCCl)CC(O)Cl. The van der Waals surface area contributed by atoms with E-state index in [9.17, 15) is 0 Å². The number of hydrogen-bond donors (Lipinski definition) is 1. The van der Waals surface area contributed by atoms with E-state index in [1.54, 1.807) is 0 Å². The van der Waals surface area contributed by atoms with Crippen LogP contribution in [0.15, 0.2) is 0 Å². The molecular formula is C9H19Cl2NO. The van der Waals surface area contributed by atoms with Gasteiger partial charge in [0, 0.05) is 19.0 Å². The molecule has 4 heteroatoms. The van der Waals surface area contributed by atoms with Gasteiger partial charge in [-0.05, 0) is 13.0 Å². The third kappa shape index (κ3) is 8.82. The molecule has 0 radical (unpaired) electrons. The first-order valence-electron chi connectivity index (χ1n) is 4.81. The Morgan fingerprint density at radius 2 is 2.00 bits per heavy atom. The quantitative estimate of drug-likeness (QED) is 0.509. The molecule has 1 atom stereocenters. The molecular weight excluding hydrogens is 209 g/mol. The van der Waals surface area contributed by atoms with Gasteiger partial charge in [0.15, 0.2) is 0 Å². The fraction of sp³-hybridized carbons (Fsp3) is 1.00. The van der Waals surface area contributed by atoms with Crippen LogP contribution >= 0.6 is 23.2 Å². The average Bonchev–Trinajstić information content (AvgIpc) is 2.04. The lowest BCUT2D eigenvalue weighted by Gasteiger charge is -2.21. The van der Waals surface area contributed by atoms with Crippen molar-refractivity contribution in [3.8, 4) is 0 Å². The maximum absolute atomic E-state index is 8.99. The predicted octanol–water partition coefficient (Wildman–Crippen LogP) is 2.27. The number of hydrogen-bond acceptors (Lipinski definition) is 2. The van der Waals surface area contributed by atoms with Crippen molar-refractivity contribution < 1.29 is 5.11 Å². The van der Waals surface area contributed by atoms with Crippen molar-refractivity contribution in [2.45, 2.75) is 31.7 Å². The number of rotatable bonds is 8. The molecule has 0 aromatic rings. The van der Waals surface area contributed by atoms with E-state index < -0.39 is 5.56 Å². The van der Waals surface area contributed by atoms with Crippen LogP contribution in [0.5, 0.6) is 0 Å². The zero-order valence-corrected chi connectivity index (χ0v) is 9.69. The molecule has 1 unspecified atom stereocenters. The van der Waals surface area contributed by atoms with Crippen LogP contribution in [0.3, 0.4) is 0 Å². The molecule has 0 bridgehead atoms. The molecule has 0 aliphatic rings. The molecule has 13 heavy (non-hydrogen) atoms. The van der Waals surface area contributed by atoms with Crippen LogP contribution in [-0.4, -0.2) is 41.1 Å². The highest BCUT2D eigenvalue weighted by Gasteiger charge is 2.07. The number of aliphatic hydroxyl groups is 1. The molecule has 80 valence electrons. The molecule has 0 aromatic carbocycles. The van der Waals surface area contributed by atoms with Crippen LogP contribution < -0.4 is 0 Å². The molecule has 0 spiro atoms. The van der Waals surface area contributed by atoms with Crippen LogP contribution in [0.1, 0.15) is 26.2 Å². The van der Waals surface area contributed by atoms with Crippen molar-refractivity contribution in [1.29, 1.82) is 0 Å². The average molecular weight is 228 g/mol. The first-order chi connectivity index (χ1) is 6.20. The van der Waals surface area contributed by atoms with Gasteiger partial charge in [0.2, 0.25) is 0 Å². The Labute approximate surface area is 90.8 Å². The first kappa shape index (κ1) is 13.5. The van der Waals surface area contributed by atoms with Crippen LogP contribution in [0.4, 0.5) is 0 Å². The minimum atomic E-state index is -0.773. The number of nitrogens with zero attached hydrogens (tertiary/aromatic N) is 1. The Bertz CT molecular complexity index is 112. The number of alkyl halides is 2. The number of halogens is 2. The van der Waals surface area contributed by atoms with Gasteiger partial charge in [0.05, 0.1) is 0 Å². The molecule has 0 amide bonds. The fourth-order valence-electron chi connectivity index (χ4n) is 1.21. The molecule has 2 nitrogen and oxygen atoms in total. The lowest BCUT2D eigenvalue weighted by molar-refractivity contribution is 0.172. The summed E-state index contributed by atoms with van der Waals surface area (Å²) in [5, 5.41) is 8.99. The van der Waals surface area contributed by atoms with Crippen molar-refractivity contribution in [3.63, 3.8) is 0 Å². The van der Waals surface area contributed by atoms with E-state index in [4.69, 9.17) is 28.3 Å². The molecule has 0 rings (SSSR count). The Hall–Kier alpha value is 0.500. The van der Waals surface area contributed by atoms with Crippen LogP contribution in [0.25, 0.3) is 0 Å². The molecule has 0 aliphatic heterocycles. The monoisotopic (exact) mass is 227 g/mol. The van der Waals surface area contributed by atoms with Crippen molar-refractivity contribution in [2.24, 2.45) is 0 Å². The van der Waals surface area contributed by atoms with Crippen molar-refractivity contribution in [3.05, 3.63) is 0 Å². The number of unbranched alkanes of at least 4 members (excludes halogenated alkanes) is 2. The summed E-state index contributed by atoms with van der Waals surface area (Å²) in [6, 6.07) is 0. The Morgan fingerprint density at radius 3 is 2.46 bits per heavy atom. The van der Waals surface area contributed by atoms with E-state index in [0.717, 1.165) is 19.5 Å². The highest BCUT2D eigenvalue weighted by Crippen LogP contribution is 2.02. The summed E-state index contributed by atoms with van der Waals surface area (Å²) in [6.07, 6.45) is 3.58. The Balaban J connectivity index is 3.53. The second-order valence-electron chi connectivity index (χ2n) is 3.13. The van der Waals surface area contributed by atoms with Crippen LogP contribution in [0.2, 0.25) is 0 Å². The maximum Gasteiger partial charge on any atom is 0.140 e. The summed E-state index contributed by atoms with van der Waals surface area (Å²) in [7, 11) is 0. The minimum absolute atomic E-state index is 0.512. The zero-order chi connectivity index (χ0) is 10.1. The van der Waals surface area contributed by atoms with Gasteiger partial charge in [-0.1, -0.05) is 31.4 Å². The molecule has 1 N–H and O–H groups in total. The fourth-order valence-corrected chi connectivity index (χ4v) is 1.65. The van der Waals surface area contributed by atoms with Crippen molar-refractivity contribution in [1.82, 2.24) is 4.90 Å². The van der Waals surface area contributed by atoms with Gasteiger partial charge in [-0.15, -0.1) is 11.6 Å². The van der Waals surface area contributed by atoms with E-state index in [0.29, 0.717) is 12.4 Å². The van der Waals surface area contributed by atoms with Gasteiger partial charge in [0.1, 0.15) is 5.56 Å². The van der Waals surface area contributed by atoms with Crippen LogP contribution in [0, 0.1) is 0 Å². The van der Waals surface area contributed by atoms with E-state index in [1.165, 1.54) is 12.8 Å². The normalized spacial score (nSPS) is 13.6. The third-order valence-corrected chi connectivity index (χ3v) is 2.19. The second-order valence-corrected chi connectivity index (χ2v) is 4.01. The topological polar surface area (TPSA) is 23.5 Å². The van der Waals surface area contributed by atoms with Crippen LogP contribution in [-0.2, 0) is 0 Å². The lowest BCUT2D eigenvalue weighted by Crippen LogP contribution is -2.32. The molecule has 0 aromatic heterocycles. The van der Waals surface area contributed by atoms with Crippen molar-refractivity contribution in [2.75, 3.05) is 25.5 Å². The zero-order valence-electron chi connectivity index (χ0n) is 8.18. The van der Waals surface area contributed by atoms with Gasteiger partial charge in [-0.3, -0.25) is 4.90 Å². The summed E-state index contributed by atoms with van der Waals surface area (Å²) in [5.74, 6) is 0.593. The van der Waals surface area contributed by atoms with E-state index >= 15 is 0 Å². The molecule has 0 saturated heterocycles. The molecule has 0 heterocycles. The van der Waals surface area contributed by atoms with Crippen molar-refractivity contribution >= 4 is 23.2 Å². The van der Waals surface area contributed by atoms with Gasteiger partial charge in [-0.2, -0.15) is 0 Å². The third-order valence-electron chi connectivity index (χ3n) is 1.89. The second kappa shape index (κ2) is 9.07. The van der Waals surface area contributed by atoms with Gasteiger partial charge >= 0.3 is 0 Å². The molecule has 0 aliphatic carbocycles. The predicted molar refractivity (Wildman–Crippen MR) is 58.5 cm³/mol. The summed E-state index contributed by atoms with van der Waals surface area (Å²) < 4.78 is 0. The molecule has 0 fully saturated rings. The Morgan fingerprint density at radius 1 is 1.31 bits per heavy atom. The minimum Gasteiger partial charge on any atom is -0.376 e. The van der Waals surface area contributed by atoms with Gasteiger partial charge in [-0.25, -0.2) is 0 Å². The lowest BCUT2D eigenvalue weighted by atomic mass is 10.2.